The van der Waals surface area contributed by atoms with Gasteiger partial charge in [0.25, 0.3) is 5.91 Å². The molecule has 0 aliphatic heterocycles. The number of carbonyl (C=O) groups excluding carboxylic acids is 2. The van der Waals surface area contributed by atoms with Crippen LogP contribution in [0.4, 0.5) is 9.18 Å². The Bertz CT molecular complexity index is 506. The average Bonchev–Trinajstić information content (AvgIpc) is 3.14. The van der Waals surface area contributed by atoms with E-state index in [1.54, 1.807) is 0 Å². The number of nitrogens with one attached hydrogen (secondary N) is 2. The van der Waals surface area contributed by atoms with Gasteiger partial charge in [-0.1, -0.05) is 11.6 Å². The molecular weight excluding hydrogens is 275 g/mol. The summed E-state index contributed by atoms with van der Waals surface area (Å²) in [5.74, 6) is -0.898. The van der Waals surface area contributed by atoms with E-state index >= 15 is 0 Å². The van der Waals surface area contributed by atoms with E-state index in [0.29, 0.717) is 0 Å². The van der Waals surface area contributed by atoms with Crippen LogP contribution in [0.5, 0.6) is 5.75 Å². The summed E-state index contributed by atoms with van der Waals surface area (Å²) in [6.45, 7) is -0.347. The van der Waals surface area contributed by atoms with E-state index in [9.17, 15) is 14.0 Å². The van der Waals surface area contributed by atoms with Crippen molar-refractivity contribution in [2.24, 2.45) is 0 Å². The number of imide groups is 1. The van der Waals surface area contributed by atoms with Gasteiger partial charge in [-0.05, 0) is 25.0 Å². The fourth-order valence-corrected chi connectivity index (χ4v) is 1.50. The van der Waals surface area contributed by atoms with Crippen LogP contribution in [0.25, 0.3) is 0 Å². The highest BCUT2D eigenvalue weighted by Gasteiger charge is 2.23. The summed E-state index contributed by atoms with van der Waals surface area (Å²) in [6.07, 6.45) is 1.87. The smallest absolute Gasteiger partial charge is 0.321 e. The van der Waals surface area contributed by atoms with Gasteiger partial charge in [-0.15, -0.1) is 0 Å². The largest absolute Gasteiger partial charge is 0.484 e. The summed E-state index contributed by atoms with van der Waals surface area (Å²) in [5.41, 5.74) is 0. The SMILES string of the molecule is O=C(COc1ccc(F)c(Cl)c1)NC(=O)NC1CC1. The van der Waals surface area contributed by atoms with Crippen LogP contribution >= 0.6 is 11.6 Å². The van der Waals surface area contributed by atoms with E-state index in [4.69, 9.17) is 16.3 Å². The van der Waals surface area contributed by atoms with Crippen molar-refractivity contribution in [3.63, 3.8) is 0 Å². The minimum absolute atomic E-state index is 0.0932. The lowest BCUT2D eigenvalue weighted by atomic mass is 10.3. The lowest BCUT2D eigenvalue weighted by Crippen LogP contribution is -2.42. The molecule has 1 aromatic carbocycles. The van der Waals surface area contributed by atoms with Crippen molar-refractivity contribution in [1.29, 1.82) is 0 Å². The monoisotopic (exact) mass is 286 g/mol. The molecule has 19 heavy (non-hydrogen) atoms. The fourth-order valence-electron chi connectivity index (χ4n) is 1.33. The molecule has 0 saturated heterocycles. The maximum absolute atomic E-state index is 12.9. The van der Waals surface area contributed by atoms with Gasteiger partial charge < -0.3 is 10.1 Å². The van der Waals surface area contributed by atoms with E-state index in [0.717, 1.165) is 18.9 Å². The highest BCUT2D eigenvalue weighted by Crippen LogP contribution is 2.21. The predicted molar refractivity (Wildman–Crippen MR) is 66.6 cm³/mol. The summed E-state index contributed by atoms with van der Waals surface area (Å²) < 4.78 is 18.0. The summed E-state index contributed by atoms with van der Waals surface area (Å²) in [7, 11) is 0. The normalized spacial score (nSPS) is 13.8. The molecule has 1 aliphatic rings. The Kier molecular flexibility index (Phi) is 4.21. The number of rotatable bonds is 4. The minimum atomic E-state index is -0.585. The molecule has 1 saturated carbocycles. The third-order valence-electron chi connectivity index (χ3n) is 2.43. The second kappa shape index (κ2) is 5.88. The Hall–Kier alpha value is -1.82. The molecular formula is C12H12ClFN2O3. The molecule has 0 spiro atoms. The van der Waals surface area contributed by atoms with E-state index in [2.05, 4.69) is 10.6 Å². The average molecular weight is 287 g/mol. The third kappa shape index (κ3) is 4.40. The Morgan fingerprint density at radius 2 is 2.16 bits per heavy atom. The fraction of sp³-hybridized carbons (Fsp3) is 0.333. The van der Waals surface area contributed by atoms with Crippen LogP contribution in [0.3, 0.4) is 0 Å². The standard InChI is InChI=1S/C12H12ClFN2O3/c13-9-5-8(3-4-10(9)14)19-6-11(17)16-12(18)15-7-1-2-7/h3-5,7H,1-2,6H2,(H2,15,16,17,18). The summed E-state index contributed by atoms with van der Waals surface area (Å²) in [6, 6.07) is 3.38. The van der Waals surface area contributed by atoms with Crippen molar-refractivity contribution in [2.45, 2.75) is 18.9 Å². The molecule has 3 amide bonds. The quantitative estimate of drug-likeness (QED) is 0.887. The molecule has 7 heteroatoms. The zero-order valence-electron chi connectivity index (χ0n) is 9.91. The molecule has 102 valence electrons. The molecule has 5 nitrogen and oxygen atoms in total. The lowest BCUT2D eigenvalue weighted by molar-refractivity contribution is -0.122. The number of hydrogen-bond acceptors (Lipinski definition) is 3. The zero-order chi connectivity index (χ0) is 13.8. The van der Waals surface area contributed by atoms with Crippen molar-refractivity contribution >= 4 is 23.5 Å². The van der Waals surface area contributed by atoms with Gasteiger partial charge in [-0.25, -0.2) is 9.18 Å². The molecule has 0 radical (unpaired) electrons. The van der Waals surface area contributed by atoms with Crippen LogP contribution in [-0.4, -0.2) is 24.6 Å². The first-order chi connectivity index (χ1) is 9.04. The molecule has 1 aromatic rings. The molecule has 2 N–H and O–H groups in total. The molecule has 0 heterocycles. The van der Waals surface area contributed by atoms with Gasteiger partial charge >= 0.3 is 6.03 Å². The van der Waals surface area contributed by atoms with Gasteiger partial charge in [0.15, 0.2) is 6.61 Å². The molecule has 0 unspecified atom stereocenters. The van der Waals surface area contributed by atoms with Gasteiger partial charge in [0.2, 0.25) is 0 Å². The van der Waals surface area contributed by atoms with E-state index in [1.165, 1.54) is 12.1 Å². The van der Waals surface area contributed by atoms with E-state index in [-0.39, 0.29) is 23.4 Å². The van der Waals surface area contributed by atoms with Crippen LogP contribution in [0.15, 0.2) is 18.2 Å². The number of benzene rings is 1. The summed E-state index contributed by atoms with van der Waals surface area (Å²) >= 11 is 5.56. The van der Waals surface area contributed by atoms with Crippen molar-refractivity contribution in [3.8, 4) is 5.75 Å². The van der Waals surface area contributed by atoms with Crippen LogP contribution in [-0.2, 0) is 4.79 Å². The Labute approximate surface area is 114 Å². The summed E-state index contributed by atoms with van der Waals surface area (Å²) in [4.78, 5) is 22.6. The van der Waals surface area contributed by atoms with Gasteiger partial charge in [0.05, 0.1) is 5.02 Å². The Morgan fingerprint density at radius 3 is 2.79 bits per heavy atom. The summed E-state index contributed by atoms with van der Waals surface area (Å²) in [5, 5.41) is 4.64. The van der Waals surface area contributed by atoms with E-state index < -0.39 is 17.8 Å². The topological polar surface area (TPSA) is 67.4 Å². The highest BCUT2D eigenvalue weighted by atomic mass is 35.5. The van der Waals surface area contributed by atoms with Gasteiger partial charge in [0.1, 0.15) is 11.6 Å². The van der Waals surface area contributed by atoms with Crippen LogP contribution in [0.2, 0.25) is 5.02 Å². The maximum Gasteiger partial charge on any atom is 0.321 e. The number of carbonyl (C=O) groups is 2. The first-order valence-electron chi connectivity index (χ1n) is 5.73. The molecule has 0 bridgehead atoms. The number of halogens is 2. The van der Waals surface area contributed by atoms with Gasteiger partial charge in [-0.3, -0.25) is 10.1 Å². The van der Waals surface area contributed by atoms with Gasteiger partial charge in [0, 0.05) is 12.1 Å². The Morgan fingerprint density at radius 1 is 1.42 bits per heavy atom. The molecule has 0 aromatic heterocycles. The molecule has 2 rings (SSSR count). The second-order valence-electron chi connectivity index (χ2n) is 4.16. The number of hydrogen-bond donors (Lipinski definition) is 2. The van der Waals surface area contributed by atoms with Crippen molar-refractivity contribution in [1.82, 2.24) is 10.6 Å². The van der Waals surface area contributed by atoms with E-state index in [1.807, 2.05) is 0 Å². The third-order valence-corrected chi connectivity index (χ3v) is 2.72. The van der Waals surface area contributed by atoms with Crippen molar-refractivity contribution in [3.05, 3.63) is 29.0 Å². The van der Waals surface area contributed by atoms with Crippen molar-refractivity contribution in [2.75, 3.05) is 6.61 Å². The van der Waals surface area contributed by atoms with Crippen LogP contribution in [0, 0.1) is 5.82 Å². The van der Waals surface area contributed by atoms with Crippen LogP contribution in [0.1, 0.15) is 12.8 Å². The van der Waals surface area contributed by atoms with Crippen LogP contribution < -0.4 is 15.4 Å². The van der Waals surface area contributed by atoms with Gasteiger partial charge in [-0.2, -0.15) is 0 Å². The number of amides is 3. The molecule has 1 fully saturated rings. The highest BCUT2D eigenvalue weighted by molar-refractivity contribution is 6.30. The molecule has 0 atom stereocenters. The first-order valence-corrected chi connectivity index (χ1v) is 6.10. The molecule has 1 aliphatic carbocycles. The zero-order valence-corrected chi connectivity index (χ0v) is 10.7. The maximum atomic E-state index is 12.9. The minimum Gasteiger partial charge on any atom is -0.484 e. The predicted octanol–water partition coefficient (Wildman–Crippen LogP) is 1.85. The van der Waals surface area contributed by atoms with Crippen molar-refractivity contribution < 1.29 is 18.7 Å². The number of urea groups is 1. The first kappa shape index (κ1) is 13.6. The second-order valence-corrected chi connectivity index (χ2v) is 4.57. The Balaban J connectivity index is 1.75. The number of ether oxygens (including phenoxy) is 1. The lowest BCUT2D eigenvalue weighted by Gasteiger charge is -2.07.